The maximum Gasteiger partial charge on any atom is 0.329 e. The third-order valence-corrected chi connectivity index (χ3v) is 7.42. The number of carbonyl (C=O) groups excluding carboxylic acids is 2. The summed E-state index contributed by atoms with van der Waals surface area (Å²) in [6, 6.07) is 4.23. The van der Waals surface area contributed by atoms with Crippen molar-refractivity contribution in [3.05, 3.63) is 34.6 Å². The molecular formula is C22H32ClFN3O2+. The number of carbonyl (C=O) groups is 2. The molecule has 1 unspecified atom stereocenters. The number of benzene rings is 1. The lowest BCUT2D eigenvalue weighted by atomic mass is 9.65. The number of imide groups is 1. The van der Waals surface area contributed by atoms with Crippen molar-refractivity contribution < 1.29 is 18.9 Å². The van der Waals surface area contributed by atoms with E-state index in [1.807, 2.05) is 7.05 Å². The Labute approximate surface area is 177 Å². The van der Waals surface area contributed by atoms with E-state index in [2.05, 4.69) is 26.1 Å². The van der Waals surface area contributed by atoms with Gasteiger partial charge in [0.15, 0.2) is 6.67 Å². The van der Waals surface area contributed by atoms with Gasteiger partial charge in [-0.1, -0.05) is 44.9 Å². The summed E-state index contributed by atoms with van der Waals surface area (Å²) in [6.07, 6.45) is 4.34. The Morgan fingerprint density at radius 1 is 1.31 bits per heavy atom. The van der Waals surface area contributed by atoms with E-state index in [0.717, 1.165) is 24.2 Å². The van der Waals surface area contributed by atoms with Gasteiger partial charge in [0.2, 0.25) is 0 Å². The molecule has 2 fully saturated rings. The van der Waals surface area contributed by atoms with E-state index in [-0.39, 0.29) is 29.8 Å². The number of halogens is 2. The molecule has 3 rings (SSSR count). The summed E-state index contributed by atoms with van der Waals surface area (Å²) in [5.41, 5.74) is -0.125. The van der Waals surface area contributed by atoms with Gasteiger partial charge in [-0.25, -0.2) is 14.1 Å². The third-order valence-electron chi connectivity index (χ3n) is 7.07. The quantitative estimate of drug-likeness (QED) is 0.688. The van der Waals surface area contributed by atoms with Gasteiger partial charge in [0.05, 0.1) is 17.6 Å². The number of quaternary nitrogens is 1. The largest absolute Gasteiger partial charge is 0.329 e. The van der Waals surface area contributed by atoms with Crippen LogP contribution in [0.4, 0.5) is 9.18 Å². The topological polar surface area (TPSA) is 53.9 Å². The molecule has 5 nitrogen and oxygen atoms in total. The van der Waals surface area contributed by atoms with Crippen LogP contribution < -0.4 is 10.2 Å². The molecule has 3 amide bonds. The second kappa shape index (κ2) is 8.23. The fourth-order valence-corrected chi connectivity index (χ4v) is 4.90. The smallest absolute Gasteiger partial charge is 0.323 e. The van der Waals surface area contributed by atoms with Crippen LogP contribution in [0, 0.1) is 17.2 Å². The van der Waals surface area contributed by atoms with Crippen LogP contribution in [-0.2, 0) is 11.3 Å². The van der Waals surface area contributed by atoms with Crippen molar-refractivity contribution in [3.63, 3.8) is 0 Å². The molecule has 160 valence electrons. The zero-order valence-electron chi connectivity index (χ0n) is 17.8. The lowest BCUT2D eigenvalue weighted by Crippen LogP contribution is -3.09. The minimum atomic E-state index is -0.771. The Bertz CT molecular complexity index is 770. The molecule has 29 heavy (non-hydrogen) atoms. The predicted molar refractivity (Wildman–Crippen MR) is 111 cm³/mol. The minimum absolute atomic E-state index is 0.144. The van der Waals surface area contributed by atoms with Gasteiger partial charge in [-0.05, 0) is 49.1 Å². The Kier molecular flexibility index (Phi) is 6.25. The van der Waals surface area contributed by atoms with Gasteiger partial charge in [0.1, 0.15) is 17.9 Å². The van der Waals surface area contributed by atoms with Crippen LogP contribution in [0.1, 0.15) is 58.4 Å². The highest BCUT2D eigenvalue weighted by molar-refractivity contribution is 6.31. The van der Waals surface area contributed by atoms with Gasteiger partial charge in [-0.3, -0.25) is 4.79 Å². The van der Waals surface area contributed by atoms with Crippen molar-refractivity contribution in [2.24, 2.45) is 11.3 Å². The molecule has 0 radical (unpaired) electrons. The molecule has 2 aliphatic rings. The van der Waals surface area contributed by atoms with Gasteiger partial charge in [-0.2, -0.15) is 0 Å². The van der Waals surface area contributed by atoms with E-state index < -0.39 is 5.54 Å². The molecule has 2 N–H and O–H groups in total. The van der Waals surface area contributed by atoms with Crippen molar-refractivity contribution in [2.45, 2.75) is 65.0 Å². The fraction of sp³-hybridized carbons (Fsp3) is 0.636. The lowest BCUT2D eigenvalue weighted by Gasteiger charge is -2.42. The average molecular weight is 425 g/mol. The first kappa shape index (κ1) is 22.0. The van der Waals surface area contributed by atoms with Gasteiger partial charge < -0.3 is 10.2 Å². The molecule has 1 heterocycles. The van der Waals surface area contributed by atoms with Crippen molar-refractivity contribution in [1.82, 2.24) is 10.2 Å². The summed E-state index contributed by atoms with van der Waals surface area (Å²) >= 11 is 6.11. The number of nitrogens with zero attached hydrogens (tertiary/aromatic N) is 1. The Hall–Kier alpha value is -1.66. The summed E-state index contributed by atoms with van der Waals surface area (Å²) < 4.78 is 14.1. The second-order valence-corrected chi connectivity index (χ2v) is 9.76. The third kappa shape index (κ3) is 4.29. The van der Waals surface area contributed by atoms with Gasteiger partial charge in [0, 0.05) is 0 Å². The highest BCUT2D eigenvalue weighted by Crippen LogP contribution is 2.44. The molecule has 7 heteroatoms. The summed E-state index contributed by atoms with van der Waals surface area (Å²) in [4.78, 5) is 27.9. The molecule has 1 aliphatic carbocycles. The van der Waals surface area contributed by atoms with Crippen molar-refractivity contribution in [3.8, 4) is 0 Å². The van der Waals surface area contributed by atoms with E-state index in [9.17, 15) is 14.0 Å². The number of hydrogen-bond donors (Lipinski definition) is 2. The highest BCUT2D eigenvalue weighted by atomic mass is 35.5. The monoisotopic (exact) mass is 424 g/mol. The molecule has 1 saturated carbocycles. The molecule has 1 aliphatic heterocycles. The highest BCUT2D eigenvalue weighted by Gasteiger charge is 2.54. The minimum Gasteiger partial charge on any atom is -0.323 e. The Morgan fingerprint density at radius 2 is 1.97 bits per heavy atom. The van der Waals surface area contributed by atoms with E-state index in [1.165, 1.54) is 11.0 Å². The van der Waals surface area contributed by atoms with Crippen molar-refractivity contribution in [2.75, 3.05) is 13.7 Å². The summed E-state index contributed by atoms with van der Waals surface area (Å²) in [5, 5.41) is 3.33. The first-order valence-electron chi connectivity index (χ1n) is 10.5. The number of amides is 3. The molecule has 1 atom stereocenters. The van der Waals surface area contributed by atoms with Crippen molar-refractivity contribution >= 4 is 23.5 Å². The van der Waals surface area contributed by atoms with Gasteiger partial charge in [0.25, 0.3) is 5.91 Å². The first-order chi connectivity index (χ1) is 13.6. The number of rotatable bonds is 6. The van der Waals surface area contributed by atoms with E-state index in [0.29, 0.717) is 35.9 Å². The van der Waals surface area contributed by atoms with Crippen LogP contribution in [0.3, 0.4) is 0 Å². The van der Waals surface area contributed by atoms with Crippen LogP contribution in [-0.4, -0.2) is 36.1 Å². The maximum atomic E-state index is 14.1. The Morgan fingerprint density at radius 3 is 2.55 bits per heavy atom. The average Bonchev–Trinajstić information content (AvgIpc) is 2.89. The number of urea groups is 1. The normalized spacial score (nSPS) is 26.1. The molecular weight excluding hydrogens is 393 g/mol. The molecule has 0 bridgehead atoms. The van der Waals surface area contributed by atoms with Gasteiger partial charge >= 0.3 is 6.03 Å². The van der Waals surface area contributed by atoms with Crippen LogP contribution in [0.2, 0.25) is 5.02 Å². The predicted octanol–water partition coefficient (Wildman–Crippen LogP) is 3.37. The fourth-order valence-electron chi connectivity index (χ4n) is 4.67. The number of nitrogens with one attached hydrogen (secondary N) is 2. The number of hydrogen-bond acceptors (Lipinski definition) is 2. The zero-order valence-corrected chi connectivity index (χ0v) is 18.5. The van der Waals surface area contributed by atoms with Crippen LogP contribution in [0.5, 0.6) is 0 Å². The van der Waals surface area contributed by atoms with Crippen molar-refractivity contribution in [1.29, 1.82) is 0 Å². The lowest BCUT2D eigenvalue weighted by molar-refractivity contribution is -0.901. The summed E-state index contributed by atoms with van der Waals surface area (Å²) in [6.45, 7) is 7.24. The summed E-state index contributed by atoms with van der Waals surface area (Å²) in [5.74, 6) is 0.0463. The SMILES string of the molecule is CCC(C)(C)C1CCC2(CC1)NC(=O)N(C[NH+](C)Cc1c(F)cccc1Cl)C2=O. The molecule has 0 aromatic heterocycles. The molecule has 1 spiro atoms. The molecule has 1 saturated heterocycles. The van der Waals surface area contributed by atoms with E-state index in [1.54, 1.807) is 12.1 Å². The standard InChI is InChI=1S/C22H31ClFN3O2/c1-5-21(2,3)15-9-11-22(12-10-15)19(28)27(20(29)25-22)14-26(4)13-16-17(23)7-6-8-18(16)24/h6-8,15H,5,9-14H2,1-4H3,(H,25,29)/p+1. The van der Waals surface area contributed by atoms with Crippen LogP contribution in [0.15, 0.2) is 18.2 Å². The first-order valence-corrected chi connectivity index (χ1v) is 10.9. The van der Waals surface area contributed by atoms with E-state index >= 15 is 0 Å². The summed E-state index contributed by atoms with van der Waals surface area (Å²) in [7, 11) is 1.83. The zero-order chi connectivity index (χ0) is 21.4. The molecule has 1 aromatic rings. The van der Waals surface area contributed by atoms with Gasteiger partial charge in [-0.15, -0.1) is 0 Å². The Balaban J connectivity index is 1.65. The molecule has 1 aromatic carbocycles. The maximum absolute atomic E-state index is 14.1. The van der Waals surface area contributed by atoms with E-state index in [4.69, 9.17) is 11.6 Å². The van der Waals surface area contributed by atoms with Crippen LogP contribution in [0.25, 0.3) is 0 Å². The van der Waals surface area contributed by atoms with Crippen LogP contribution >= 0.6 is 11.6 Å². The second-order valence-electron chi connectivity index (χ2n) is 9.35.